The van der Waals surface area contributed by atoms with Crippen molar-refractivity contribution in [3.8, 4) is 0 Å². The Morgan fingerprint density at radius 2 is 1.71 bits per heavy atom. The van der Waals surface area contributed by atoms with E-state index in [1.165, 1.54) is 12.1 Å². The van der Waals surface area contributed by atoms with Crippen molar-refractivity contribution in [3.63, 3.8) is 0 Å². The quantitative estimate of drug-likeness (QED) is 0.509. The van der Waals surface area contributed by atoms with Crippen molar-refractivity contribution in [2.24, 2.45) is 0 Å². The molecule has 0 radical (unpaired) electrons. The van der Waals surface area contributed by atoms with Crippen molar-refractivity contribution < 1.29 is 31.1 Å². The second-order valence-electron chi connectivity index (χ2n) is 7.99. The topological polar surface area (TPSA) is 79.0 Å². The highest BCUT2D eigenvalue weighted by Gasteiger charge is 2.27. The summed E-state index contributed by atoms with van der Waals surface area (Å²) in [5.41, 5.74) is 1.11. The number of alkyl halides is 3. The van der Waals surface area contributed by atoms with Crippen LogP contribution in [0.3, 0.4) is 0 Å². The molecule has 0 saturated carbocycles. The third-order valence-corrected chi connectivity index (χ3v) is 6.79. The normalized spacial score (nSPS) is 15.4. The second-order valence-corrected chi connectivity index (χ2v) is 9.76. The van der Waals surface area contributed by atoms with E-state index in [9.17, 15) is 26.4 Å². The Morgan fingerprint density at radius 1 is 1.00 bits per heavy atom. The summed E-state index contributed by atoms with van der Waals surface area (Å²) in [5, 5.41) is 0. The number of hydrogen-bond donors (Lipinski definition) is 1. The summed E-state index contributed by atoms with van der Waals surface area (Å²) in [6.07, 6.45) is -3.85. The van der Waals surface area contributed by atoms with Gasteiger partial charge in [-0.25, -0.2) is 13.1 Å². The van der Waals surface area contributed by atoms with Crippen LogP contribution in [-0.4, -0.2) is 76.2 Å². The van der Waals surface area contributed by atoms with Crippen molar-refractivity contribution in [3.05, 3.63) is 65.7 Å². The van der Waals surface area contributed by atoms with E-state index in [0.717, 1.165) is 5.56 Å². The van der Waals surface area contributed by atoms with Gasteiger partial charge in [-0.3, -0.25) is 9.69 Å². The third kappa shape index (κ3) is 8.08. The zero-order chi connectivity index (χ0) is 24.6. The molecule has 3 rings (SSSR count). The van der Waals surface area contributed by atoms with Crippen LogP contribution in [0.1, 0.15) is 22.3 Å². The highest BCUT2D eigenvalue weighted by molar-refractivity contribution is 7.89. The fraction of sp³-hybridized carbons (Fsp3) is 0.435. The fourth-order valence-corrected chi connectivity index (χ4v) is 4.65. The Morgan fingerprint density at radius 3 is 2.38 bits per heavy atom. The molecular weight excluding hydrogens is 471 g/mol. The molecule has 1 aliphatic heterocycles. The van der Waals surface area contributed by atoms with Gasteiger partial charge in [-0.05, 0) is 30.2 Å². The number of carbonyl (C=O) groups is 1. The third-order valence-electron chi connectivity index (χ3n) is 5.39. The van der Waals surface area contributed by atoms with Gasteiger partial charge in [0.25, 0.3) is 5.91 Å². The summed E-state index contributed by atoms with van der Waals surface area (Å²) in [4.78, 5) is 16.7. The summed E-state index contributed by atoms with van der Waals surface area (Å²) in [6, 6.07) is 15.1. The lowest BCUT2D eigenvalue weighted by atomic mass is 10.2. The van der Waals surface area contributed by atoms with Gasteiger partial charge in [-0.2, -0.15) is 13.2 Å². The van der Waals surface area contributed by atoms with Crippen LogP contribution in [0.2, 0.25) is 0 Å². The first-order valence-electron chi connectivity index (χ1n) is 10.9. The number of nitrogens with one attached hydrogen (secondary N) is 1. The molecular formula is C23H28F3N3O4S. The number of halogens is 3. The standard InChI is InChI=1S/C23H28F3N3O4S/c24-23(25,26)18-33-15-5-10-28-11-13-29(14-12-28)22(30)20-8-4-9-21(16-20)34(31,32)27-17-19-6-2-1-3-7-19/h1-4,6-9,16,27H,5,10-15,17-18H2. The van der Waals surface area contributed by atoms with Gasteiger partial charge in [0.2, 0.25) is 10.0 Å². The van der Waals surface area contributed by atoms with E-state index in [1.54, 1.807) is 17.0 Å². The van der Waals surface area contributed by atoms with Gasteiger partial charge in [0.15, 0.2) is 0 Å². The van der Waals surface area contributed by atoms with Crippen LogP contribution in [0.15, 0.2) is 59.5 Å². The molecule has 0 spiro atoms. The van der Waals surface area contributed by atoms with Gasteiger partial charge < -0.3 is 9.64 Å². The SMILES string of the molecule is O=C(c1cccc(S(=O)(=O)NCc2ccccc2)c1)N1CCN(CCCOCC(F)(F)F)CC1. The van der Waals surface area contributed by atoms with Gasteiger partial charge in [0, 0.05) is 51.4 Å². The van der Waals surface area contributed by atoms with Crippen LogP contribution in [0.4, 0.5) is 13.2 Å². The zero-order valence-electron chi connectivity index (χ0n) is 18.6. The summed E-state index contributed by atoms with van der Waals surface area (Å²) in [7, 11) is -3.79. The van der Waals surface area contributed by atoms with Gasteiger partial charge in [0.05, 0.1) is 4.90 Å². The molecule has 0 bridgehead atoms. The molecule has 1 heterocycles. The molecule has 1 aliphatic rings. The minimum absolute atomic E-state index is 0.0202. The van der Waals surface area contributed by atoms with Crippen LogP contribution in [-0.2, 0) is 21.3 Å². The molecule has 11 heteroatoms. The maximum absolute atomic E-state index is 12.9. The Balaban J connectivity index is 1.48. The average molecular weight is 500 g/mol. The molecule has 1 N–H and O–H groups in total. The Kier molecular flexibility index (Phi) is 9.06. The maximum atomic E-state index is 12.9. The van der Waals surface area contributed by atoms with Gasteiger partial charge in [-0.1, -0.05) is 36.4 Å². The molecule has 2 aromatic rings. The predicted octanol–water partition coefficient (Wildman–Crippen LogP) is 2.89. The molecule has 1 saturated heterocycles. The van der Waals surface area contributed by atoms with E-state index >= 15 is 0 Å². The van der Waals surface area contributed by atoms with Crippen molar-refractivity contribution in [1.29, 1.82) is 0 Å². The molecule has 2 aromatic carbocycles. The number of rotatable bonds is 10. The number of piperazine rings is 1. The van der Waals surface area contributed by atoms with Gasteiger partial charge >= 0.3 is 6.18 Å². The number of hydrogen-bond acceptors (Lipinski definition) is 5. The van der Waals surface area contributed by atoms with Crippen molar-refractivity contribution in [2.75, 3.05) is 45.9 Å². The lowest BCUT2D eigenvalue weighted by molar-refractivity contribution is -0.174. The molecule has 1 amide bonds. The molecule has 0 atom stereocenters. The Labute approximate surface area is 197 Å². The largest absolute Gasteiger partial charge is 0.411 e. The first-order valence-corrected chi connectivity index (χ1v) is 12.4. The highest BCUT2D eigenvalue weighted by atomic mass is 32.2. The van der Waals surface area contributed by atoms with Crippen LogP contribution >= 0.6 is 0 Å². The van der Waals surface area contributed by atoms with Crippen molar-refractivity contribution >= 4 is 15.9 Å². The van der Waals surface area contributed by atoms with Crippen LogP contribution in [0.5, 0.6) is 0 Å². The maximum Gasteiger partial charge on any atom is 0.411 e. The monoisotopic (exact) mass is 499 g/mol. The predicted molar refractivity (Wildman–Crippen MR) is 121 cm³/mol. The van der Waals surface area contributed by atoms with Crippen LogP contribution in [0.25, 0.3) is 0 Å². The molecule has 7 nitrogen and oxygen atoms in total. The Bertz CT molecular complexity index is 1040. The van der Waals surface area contributed by atoms with Crippen molar-refractivity contribution in [1.82, 2.24) is 14.5 Å². The summed E-state index contributed by atoms with van der Waals surface area (Å²) < 4.78 is 68.8. The fourth-order valence-electron chi connectivity index (χ4n) is 3.59. The van der Waals surface area contributed by atoms with E-state index in [2.05, 4.69) is 14.4 Å². The molecule has 186 valence electrons. The number of carbonyl (C=O) groups excluding carboxylic acids is 1. The van der Waals surface area contributed by atoms with Crippen LogP contribution < -0.4 is 4.72 Å². The van der Waals surface area contributed by atoms with E-state index in [0.29, 0.717) is 39.1 Å². The first-order chi connectivity index (χ1) is 16.1. The number of amides is 1. The Hall–Kier alpha value is -2.47. The van der Waals surface area contributed by atoms with E-state index < -0.39 is 22.8 Å². The van der Waals surface area contributed by atoms with E-state index in [-0.39, 0.29) is 29.5 Å². The lowest BCUT2D eigenvalue weighted by Gasteiger charge is -2.34. The van der Waals surface area contributed by atoms with E-state index in [1.807, 2.05) is 30.3 Å². The number of ether oxygens (including phenoxy) is 1. The molecule has 0 aliphatic carbocycles. The smallest absolute Gasteiger partial charge is 0.372 e. The summed E-state index contributed by atoms with van der Waals surface area (Å²) in [5.74, 6) is -0.256. The second kappa shape index (κ2) is 11.8. The summed E-state index contributed by atoms with van der Waals surface area (Å²) in [6.45, 7) is 1.58. The molecule has 0 unspecified atom stereocenters. The number of benzene rings is 2. The molecule has 1 fully saturated rings. The zero-order valence-corrected chi connectivity index (χ0v) is 19.4. The minimum atomic E-state index is -4.32. The number of sulfonamides is 1. The summed E-state index contributed by atoms with van der Waals surface area (Å²) >= 11 is 0. The van der Waals surface area contributed by atoms with Crippen LogP contribution in [0, 0.1) is 0 Å². The highest BCUT2D eigenvalue weighted by Crippen LogP contribution is 2.16. The first kappa shape index (κ1) is 26.1. The lowest BCUT2D eigenvalue weighted by Crippen LogP contribution is -2.49. The van der Waals surface area contributed by atoms with Gasteiger partial charge in [0.1, 0.15) is 6.61 Å². The number of nitrogens with zero attached hydrogens (tertiary/aromatic N) is 2. The molecule has 0 aromatic heterocycles. The van der Waals surface area contributed by atoms with Gasteiger partial charge in [-0.15, -0.1) is 0 Å². The minimum Gasteiger partial charge on any atom is -0.372 e. The average Bonchev–Trinajstić information content (AvgIpc) is 2.82. The van der Waals surface area contributed by atoms with Crippen molar-refractivity contribution in [2.45, 2.75) is 24.0 Å². The van der Waals surface area contributed by atoms with E-state index in [4.69, 9.17) is 0 Å². The molecule has 34 heavy (non-hydrogen) atoms.